The molecule has 3 aliphatic rings. The van der Waals surface area contributed by atoms with Gasteiger partial charge in [0.25, 0.3) is 0 Å². The Hall–Kier alpha value is -0.120. The first kappa shape index (κ1) is 12.9. The van der Waals surface area contributed by atoms with E-state index in [-0.39, 0.29) is 0 Å². The molecule has 3 fully saturated rings. The molecule has 2 aliphatic heterocycles. The van der Waals surface area contributed by atoms with Gasteiger partial charge in [0, 0.05) is 24.7 Å². The van der Waals surface area contributed by atoms with Gasteiger partial charge in [-0.1, -0.05) is 19.3 Å². The van der Waals surface area contributed by atoms with Crippen LogP contribution in [0.25, 0.3) is 0 Å². The largest absolute Gasteiger partial charge is 0.329 e. The first-order valence-corrected chi connectivity index (χ1v) is 7.91. The van der Waals surface area contributed by atoms with Crippen LogP contribution >= 0.6 is 0 Å². The van der Waals surface area contributed by atoms with Crippen LogP contribution in [0.15, 0.2) is 0 Å². The van der Waals surface area contributed by atoms with Gasteiger partial charge in [0.15, 0.2) is 0 Å². The second-order valence-corrected chi connectivity index (χ2v) is 6.75. The molecule has 104 valence electrons. The van der Waals surface area contributed by atoms with Crippen molar-refractivity contribution in [2.45, 2.75) is 56.5 Å². The van der Waals surface area contributed by atoms with E-state index in [0.717, 1.165) is 18.5 Å². The Morgan fingerprint density at radius 1 is 1.17 bits per heavy atom. The third kappa shape index (κ3) is 2.00. The molecular formula is C15H29N3. The maximum atomic E-state index is 6.27. The van der Waals surface area contributed by atoms with E-state index < -0.39 is 0 Å². The van der Waals surface area contributed by atoms with Crippen molar-refractivity contribution in [3.05, 3.63) is 0 Å². The van der Waals surface area contributed by atoms with Crippen LogP contribution in [0.1, 0.15) is 44.9 Å². The van der Waals surface area contributed by atoms with Gasteiger partial charge >= 0.3 is 0 Å². The molecule has 0 spiro atoms. The topological polar surface area (TPSA) is 32.5 Å². The van der Waals surface area contributed by atoms with Crippen molar-refractivity contribution < 1.29 is 0 Å². The molecular weight excluding hydrogens is 222 g/mol. The zero-order chi connectivity index (χ0) is 12.6. The Balaban J connectivity index is 1.77. The highest BCUT2D eigenvalue weighted by molar-refractivity contribution is 5.05. The second-order valence-electron chi connectivity index (χ2n) is 6.75. The predicted molar refractivity (Wildman–Crippen MR) is 75.6 cm³/mol. The minimum Gasteiger partial charge on any atom is -0.329 e. The van der Waals surface area contributed by atoms with E-state index in [4.69, 9.17) is 5.73 Å². The standard InChI is InChI=1S/C15H29N3/c1-17(14-5-3-2-4-6-14)15(12-16)8-10-18-9-7-13(15)11-18/h13-14H,2-12,16H2,1H3. The summed E-state index contributed by atoms with van der Waals surface area (Å²) >= 11 is 0. The zero-order valence-corrected chi connectivity index (χ0v) is 11.9. The van der Waals surface area contributed by atoms with E-state index in [2.05, 4.69) is 16.8 Å². The first-order valence-electron chi connectivity index (χ1n) is 7.91. The zero-order valence-electron chi connectivity index (χ0n) is 11.9. The SMILES string of the molecule is CN(C1CCCCC1)C1(CN)CCN2CCC1C2. The summed E-state index contributed by atoms with van der Waals surface area (Å²) in [5, 5.41) is 0. The summed E-state index contributed by atoms with van der Waals surface area (Å²) in [4.78, 5) is 5.35. The third-order valence-corrected chi connectivity index (χ3v) is 6.07. The summed E-state index contributed by atoms with van der Waals surface area (Å²) in [5.74, 6) is 0.822. The summed E-state index contributed by atoms with van der Waals surface area (Å²) in [5.41, 5.74) is 6.58. The fourth-order valence-corrected chi connectivity index (χ4v) is 4.74. The van der Waals surface area contributed by atoms with Crippen LogP contribution in [0.4, 0.5) is 0 Å². The Bertz CT molecular complexity index is 287. The Morgan fingerprint density at radius 3 is 2.67 bits per heavy atom. The van der Waals surface area contributed by atoms with Gasteiger partial charge in [-0.05, 0) is 51.7 Å². The van der Waals surface area contributed by atoms with Gasteiger partial charge in [-0.15, -0.1) is 0 Å². The van der Waals surface area contributed by atoms with Crippen molar-refractivity contribution in [1.82, 2.24) is 9.80 Å². The lowest BCUT2D eigenvalue weighted by Crippen LogP contribution is -2.63. The number of nitrogens with zero attached hydrogens (tertiary/aromatic N) is 2. The molecule has 2 bridgehead atoms. The van der Waals surface area contributed by atoms with Crippen molar-refractivity contribution in [1.29, 1.82) is 0 Å². The van der Waals surface area contributed by atoms with Gasteiger partial charge in [-0.3, -0.25) is 4.90 Å². The van der Waals surface area contributed by atoms with E-state index in [1.165, 1.54) is 64.6 Å². The predicted octanol–water partition coefficient (Wildman–Crippen LogP) is 1.67. The Labute approximate surface area is 112 Å². The first-order chi connectivity index (χ1) is 8.76. The Kier molecular flexibility index (Phi) is 3.65. The molecule has 0 aromatic carbocycles. The number of fused-ring (bicyclic) bond motifs is 2. The summed E-state index contributed by atoms with van der Waals surface area (Å²) in [6.45, 7) is 4.74. The van der Waals surface area contributed by atoms with Gasteiger partial charge < -0.3 is 10.6 Å². The van der Waals surface area contributed by atoms with Crippen LogP contribution in [0.5, 0.6) is 0 Å². The fraction of sp³-hybridized carbons (Fsp3) is 1.00. The van der Waals surface area contributed by atoms with E-state index >= 15 is 0 Å². The fourth-order valence-electron chi connectivity index (χ4n) is 4.74. The van der Waals surface area contributed by atoms with Gasteiger partial charge in [0.1, 0.15) is 0 Å². The molecule has 2 heterocycles. The number of likely N-dealkylation sites (N-methyl/N-ethyl adjacent to an activating group) is 1. The molecule has 0 amide bonds. The molecule has 3 atom stereocenters. The van der Waals surface area contributed by atoms with Crippen molar-refractivity contribution in [2.75, 3.05) is 33.2 Å². The molecule has 0 aromatic rings. The maximum absolute atomic E-state index is 6.27. The lowest BCUT2D eigenvalue weighted by Gasteiger charge is -2.52. The monoisotopic (exact) mass is 251 g/mol. The van der Waals surface area contributed by atoms with Crippen LogP contribution in [0, 0.1) is 5.92 Å². The summed E-state index contributed by atoms with van der Waals surface area (Å²) in [6.07, 6.45) is 9.74. The van der Waals surface area contributed by atoms with Gasteiger partial charge in [-0.2, -0.15) is 0 Å². The quantitative estimate of drug-likeness (QED) is 0.828. The van der Waals surface area contributed by atoms with Gasteiger partial charge in [0.2, 0.25) is 0 Å². The molecule has 0 aromatic heterocycles. The normalized spacial score (nSPS) is 41.5. The van der Waals surface area contributed by atoms with Crippen molar-refractivity contribution in [2.24, 2.45) is 11.7 Å². The number of hydrogen-bond acceptors (Lipinski definition) is 3. The lowest BCUT2D eigenvalue weighted by atomic mass is 9.75. The summed E-state index contributed by atoms with van der Waals surface area (Å²) in [6, 6.07) is 0.800. The number of nitrogens with two attached hydrogens (primary N) is 1. The van der Waals surface area contributed by atoms with Gasteiger partial charge in [0.05, 0.1) is 0 Å². The van der Waals surface area contributed by atoms with Crippen molar-refractivity contribution in [3.63, 3.8) is 0 Å². The van der Waals surface area contributed by atoms with E-state index in [1.807, 2.05) is 0 Å². The van der Waals surface area contributed by atoms with E-state index in [1.54, 1.807) is 0 Å². The van der Waals surface area contributed by atoms with Crippen LogP contribution < -0.4 is 5.73 Å². The van der Waals surface area contributed by atoms with Crippen LogP contribution in [-0.2, 0) is 0 Å². The van der Waals surface area contributed by atoms with Crippen LogP contribution in [0.3, 0.4) is 0 Å². The highest BCUT2D eigenvalue weighted by atomic mass is 15.3. The summed E-state index contributed by atoms with van der Waals surface area (Å²) in [7, 11) is 2.37. The second kappa shape index (κ2) is 5.10. The number of hydrogen-bond donors (Lipinski definition) is 1. The minimum absolute atomic E-state index is 0.314. The molecule has 1 aliphatic carbocycles. The van der Waals surface area contributed by atoms with E-state index in [9.17, 15) is 0 Å². The van der Waals surface area contributed by atoms with Crippen molar-refractivity contribution in [3.8, 4) is 0 Å². The molecule has 3 heteroatoms. The minimum atomic E-state index is 0.314. The third-order valence-electron chi connectivity index (χ3n) is 6.07. The number of rotatable bonds is 3. The Morgan fingerprint density at radius 2 is 1.94 bits per heavy atom. The van der Waals surface area contributed by atoms with Gasteiger partial charge in [-0.25, -0.2) is 0 Å². The van der Waals surface area contributed by atoms with Crippen LogP contribution in [-0.4, -0.2) is 54.6 Å². The maximum Gasteiger partial charge on any atom is 0.0384 e. The molecule has 3 rings (SSSR count). The number of piperidine rings is 1. The highest BCUT2D eigenvalue weighted by Crippen LogP contribution is 2.41. The average molecular weight is 251 g/mol. The molecule has 0 radical (unpaired) electrons. The highest BCUT2D eigenvalue weighted by Gasteiger charge is 2.49. The summed E-state index contributed by atoms with van der Waals surface area (Å²) < 4.78 is 0. The average Bonchev–Trinajstić information content (AvgIpc) is 2.84. The molecule has 3 nitrogen and oxygen atoms in total. The molecule has 2 saturated heterocycles. The van der Waals surface area contributed by atoms with Crippen LogP contribution in [0.2, 0.25) is 0 Å². The molecule has 2 N–H and O–H groups in total. The lowest BCUT2D eigenvalue weighted by molar-refractivity contribution is -0.0124. The van der Waals surface area contributed by atoms with Crippen molar-refractivity contribution >= 4 is 0 Å². The molecule has 1 saturated carbocycles. The van der Waals surface area contributed by atoms with E-state index in [0.29, 0.717) is 5.54 Å². The molecule has 18 heavy (non-hydrogen) atoms. The molecule has 3 unspecified atom stereocenters. The smallest absolute Gasteiger partial charge is 0.0384 e.